The molecule has 162 valence electrons. The summed E-state index contributed by atoms with van der Waals surface area (Å²) in [5.41, 5.74) is 4.12. The van der Waals surface area contributed by atoms with E-state index in [-0.39, 0.29) is 5.41 Å². The van der Waals surface area contributed by atoms with Crippen LogP contribution in [0.4, 0.5) is 0 Å². The average Bonchev–Trinajstić information content (AvgIpc) is 3.06. The van der Waals surface area contributed by atoms with Gasteiger partial charge >= 0.3 is 0 Å². The van der Waals surface area contributed by atoms with Crippen molar-refractivity contribution in [3.8, 4) is 0 Å². The Bertz CT molecular complexity index is 713. The van der Waals surface area contributed by atoms with Crippen LogP contribution >= 0.6 is 0 Å². The van der Waals surface area contributed by atoms with Crippen LogP contribution in [0.5, 0.6) is 0 Å². The Balaban J connectivity index is 2.07. The Morgan fingerprint density at radius 3 is 2.38 bits per heavy atom. The van der Waals surface area contributed by atoms with Crippen molar-refractivity contribution >= 4 is 0 Å². The highest BCUT2D eigenvalue weighted by atomic mass is 16.5. The quantitative estimate of drug-likeness (QED) is 0.595. The fourth-order valence-electron chi connectivity index (χ4n) is 3.50. The summed E-state index contributed by atoms with van der Waals surface area (Å²) in [6, 6.07) is 13.3. The van der Waals surface area contributed by atoms with Crippen molar-refractivity contribution < 1.29 is 9.84 Å². The third kappa shape index (κ3) is 7.96. The van der Waals surface area contributed by atoms with Gasteiger partial charge in [-0.05, 0) is 47.6 Å². The van der Waals surface area contributed by atoms with Gasteiger partial charge in [-0.2, -0.15) is 0 Å². The Kier molecular flexibility index (Phi) is 8.94. The molecule has 4 nitrogen and oxygen atoms in total. The first-order chi connectivity index (χ1) is 13.7. The second-order valence-corrected chi connectivity index (χ2v) is 9.60. The summed E-state index contributed by atoms with van der Waals surface area (Å²) in [5.74, 6) is 0.644. The van der Waals surface area contributed by atoms with Gasteiger partial charge in [0.05, 0.1) is 12.7 Å². The topological polar surface area (TPSA) is 37.6 Å². The van der Waals surface area contributed by atoms with Crippen molar-refractivity contribution in [3.05, 3.63) is 59.4 Å². The van der Waals surface area contributed by atoms with E-state index in [4.69, 9.17) is 4.74 Å². The predicted octanol–water partition coefficient (Wildman–Crippen LogP) is 4.69. The summed E-state index contributed by atoms with van der Waals surface area (Å²) < 4.78 is 7.44. The maximum Gasteiger partial charge on any atom is 0.0900 e. The number of hydrogen-bond acceptors (Lipinski definition) is 3. The molecule has 0 aliphatic rings. The summed E-state index contributed by atoms with van der Waals surface area (Å²) in [6.45, 7) is 14.9. The highest BCUT2D eigenvalue weighted by Crippen LogP contribution is 2.22. The summed E-state index contributed by atoms with van der Waals surface area (Å²) >= 11 is 0. The smallest absolute Gasteiger partial charge is 0.0900 e. The molecule has 0 fully saturated rings. The molecule has 1 N–H and O–H groups in total. The van der Waals surface area contributed by atoms with Crippen molar-refractivity contribution in [2.75, 3.05) is 26.8 Å². The molecular formula is C25H40N2O2. The van der Waals surface area contributed by atoms with Crippen LogP contribution in [0.25, 0.3) is 0 Å². The zero-order valence-corrected chi connectivity index (χ0v) is 19.2. The molecule has 1 aromatic carbocycles. The molecule has 0 aliphatic carbocycles. The number of aliphatic hydroxyl groups is 1. The fraction of sp³-hybridized carbons (Fsp3) is 0.600. The molecule has 1 heterocycles. The Hall–Kier alpha value is -1.62. The zero-order chi connectivity index (χ0) is 21.4. The number of aliphatic hydroxyl groups excluding tert-OH is 1. The van der Waals surface area contributed by atoms with E-state index in [1.54, 1.807) is 7.11 Å². The molecule has 29 heavy (non-hydrogen) atoms. The van der Waals surface area contributed by atoms with Gasteiger partial charge in [-0.25, -0.2) is 0 Å². The van der Waals surface area contributed by atoms with Crippen LogP contribution in [0.1, 0.15) is 57.9 Å². The lowest BCUT2D eigenvalue weighted by molar-refractivity contribution is 0.0343. The molecule has 4 heteroatoms. The number of nitrogens with zero attached hydrogens (tertiary/aromatic N) is 2. The molecule has 0 bridgehead atoms. The molecule has 1 atom stereocenters. The minimum Gasteiger partial charge on any atom is -0.389 e. The van der Waals surface area contributed by atoms with E-state index in [9.17, 15) is 5.11 Å². The Labute approximate surface area is 177 Å². The maximum atomic E-state index is 10.2. The van der Waals surface area contributed by atoms with Crippen LogP contribution in [0.2, 0.25) is 0 Å². The van der Waals surface area contributed by atoms with E-state index < -0.39 is 6.10 Å². The SMILES string of the molecule is COC[C@H](O)CN(CCC(C)C)Cc1cccn1Cc1ccc(C(C)(C)C)cc1. The number of hydrogen-bond donors (Lipinski definition) is 1. The van der Waals surface area contributed by atoms with Gasteiger partial charge in [-0.15, -0.1) is 0 Å². The summed E-state index contributed by atoms with van der Waals surface area (Å²) in [5, 5.41) is 10.2. The monoisotopic (exact) mass is 400 g/mol. The summed E-state index contributed by atoms with van der Waals surface area (Å²) in [4.78, 5) is 2.35. The number of rotatable bonds is 11. The number of benzene rings is 1. The standard InChI is InChI=1S/C25H40N2O2/c1-20(2)13-15-26(18-24(28)19-29-6)17-23-8-7-14-27(23)16-21-9-11-22(12-10-21)25(3,4)5/h7-12,14,20,24,28H,13,15-19H2,1-6H3/t24-/m1/s1. The first-order valence-corrected chi connectivity index (χ1v) is 10.8. The van der Waals surface area contributed by atoms with Gasteiger partial charge < -0.3 is 14.4 Å². The molecule has 0 amide bonds. The maximum absolute atomic E-state index is 10.2. The van der Waals surface area contributed by atoms with Gasteiger partial charge in [0.1, 0.15) is 0 Å². The van der Waals surface area contributed by atoms with Crippen molar-refractivity contribution in [3.63, 3.8) is 0 Å². The van der Waals surface area contributed by atoms with E-state index in [1.165, 1.54) is 16.8 Å². The average molecular weight is 401 g/mol. The van der Waals surface area contributed by atoms with Gasteiger partial charge in [-0.3, -0.25) is 4.90 Å². The molecule has 2 aromatic rings. The third-order valence-corrected chi connectivity index (χ3v) is 5.33. The lowest BCUT2D eigenvalue weighted by Gasteiger charge is -2.26. The molecule has 0 radical (unpaired) electrons. The molecule has 0 saturated carbocycles. The van der Waals surface area contributed by atoms with Crippen molar-refractivity contribution in [2.45, 2.75) is 65.6 Å². The van der Waals surface area contributed by atoms with E-state index in [2.05, 4.69) is 86.7 Å². The number of ether oxygens (including phenoxy) is 1. The molecule has 0 aliphatic heterocycles. The first-order valence-electron chi connectivity index (χ1n) is 10.8. The van der Waals surface area contributed by atoms with E-state index >= 15 is 0 Å². The second-order valence-electron chi connectivity index (χ2n) is 9.60. The Morgan fingerprint density at radius 2 is 1.79 bits per heavy atom. The van der Waals surface area contributed by atoms with Crippen LogP contribution in [0.15, 0.2) is 42.6 Å². The van der Waals surface area contributed by atoms with E-state index in [1.807, 2.05) is 0 Å². The van der Waals surface area contributed by atoms with Gasteiger partial charge in [0.2, 0.25) is 0 Å². The van der Waals surface area contributed by atoms with Crippen molar-refractivity contribution in [1.82, 2.24) is 9.47 Å². The number of aromatic nitrogens is 1. The number of methoxy groups -OCH3 is 1. The van der Waals surface area contributed by atoms with Crippen LogP contribution < -0.4 is 0 Å². The molecule has 2 rings (SSSR count). The third-order valence-electron chi connectivity index (χ3n) is 5.33. The van der Waals surface area contributed by atoms with Crippen molar-refractivity contribution in [1.29, 1.82) is 0 Å². The van der Waals surface area contributed by atoms with Gasteiger partial charge in [0.15, 0.2) is 0 Å². The first kappa shape index (κ1) is 23.7. The van der Waals surface area contributed by atoms with Crippen LogP contribution in [0.3, 0.4) is 0 Å². The van der Waals surface area contributed by atoms with Gasteiger partial charge in [0, 0.05) is 38.6 Å². The fourth-order valence-corrected chi connectivity index (χ4v) is 3.50. The van der Waals surface area contributed by atoms with Crippen molar-refractivity contribution in [2.24, 2.45) is 5.92 Å². The minimum absolute atomic E-state index is 0.178. The summed E-state index contributed by atoms with van der Waals surface area (Å²) in [7, 11) is 1.64. The largest absolute Gasteiger partial charge is 0.389 e. The lowest BCUT2D eigenvalue weighted by Crippen LogP contribution is -2.36. The summed E-state index contributed by atoms with van der Waals surface area (Å²) in [6.07, 6.45) is 2.81. The highest BCUT2D eigenvalue weighted by molar-refractivity contribution is 5.28. The minimum atomic E-state index is -0.458. The van der Waals surface area contributed by atoms with Gasteiger partial charge in [-0.1, -0.05) is 58.9 Å². The molecule has 1 aromatic heterocycles. The normalized spacial score (nSPS) is 13.4. The molecule has 0 unspecified atom stereocenters. The van der Waals surface area contributed by atoms with Gasteiger partial charge in [0.25, 0.3) is 0 Å². The highest BCUT2D eigenvalue weighted by Gasteiger charge is 2.16. The zero-order valence-electron chi connectivity index (χ0n) is 19.2. The molecule has 0 saturated heterocycles. The second kappa shape index (κ2) is 11.0. The molecular weight excluding hydrogens is 360 g/mol. The van der Waals surface area contributed by atoms with E-state index in [0.29, 0.717) is 19.1 Å². The van der Waals surface area contributed by atoms with E-state index in [0.717, 1.165) is 26.1 Å². The van der Waals surface area contributed by atoms with Crippen LogP contribution in [0, 0.1) is 5.92 Å². The predicted molar refractivity (Wildman–Crippen MR) is 121 cm³/mol. The molecule has 0 spiro atoms. The van der Waals surface area contributed by atoms with Crippen LogP contribution in [-0.4, -0.2) is 47.5 Å². The lowest BCUT2D eigenvalue weighted by atomic mass is 9.87. The van der Waals surface area contributed by atoms with Crippen LogP contribution in [-0.2, 0) is 23.2 Å². The Morgan fingerprint density at radius 1 is 1.10 bits per heavy atom.